The molecule has 5 heteroatoms. The van der Waals surface area contributed by atoms with Gasteiger partial charge in [0.15, 0.2) is 6.61 Å². The molecule has 0 N–H and O–H groups in total. The lowest BCUT2D eigenvalue weighted by Gasteiger charge is -2.12. The van der Waals surface area contributed by atoms with Gasteiger partial charge in [-0.15, -0.1) is 0 Å². The third-order valence-corrected chi connectivity index (χ3v) is 2.17. The third kappa shape index (κ3) is 3.21. The van der Waals surface area contributed by atoms with Gasteiger partial charge in [0.25, 0.3) is 0 Å². The van der Waals surface area contributed by atoms with Crippen LogP contribution in [-0.4, -0.2) is 12.8 Å². The van der Waals surface area contributed by atoms with Crippen molar-refractivity contribution in [2.45, 2.75) is 13.1 Å². The van der Waals surface area contributed by atoms with Gasteiger partial charge in [0.05, 0.1) is 4.47 Å². The Hall–Kier alpha value is -0.710. The number of benzene rings is 1. The molecule has 0 saturated heterocycles. The van der Waals surface area contributed by atoms with Crippen LogP contribution in [-0.2, 0) is 0 Å². The highest BCUT2D eigenvalue weighted by molar-refractivity contribution is 9.10. The molecule has 14 heavy (non-hydrogen) atoms. The summed E-state index contributed by atoms with van der Waals surface area (Å²) in [4.78, 5) is 0. The number of alkyl halides is 3. The average Bonchev–Trinajstić information content (AvgIpc) is 2.01. The van der Waals surface area contributed by atoms with Gasteiger partial charge in [0.2, 0.25) is 0 Å². The summed E-state index contributed by atoms with van der Waals surface area (Å²) in [6, 6.07) is 5.06. The zero-order chi connectivity index (χ0) is 10.8. The van der Waals surface area contributed by atoms with Crippen LogP contribution in [0, 0.1) is 6.92 Å². The van der Waals surface area contributed by atoms with Crippen LogP contribution in [0.1, 0.15) is 5.56 Å². The van der Waals surface area contributed by atoms with Gasteiger partial charge in [-0.25, -0.2) is 0 Å². The Morgan fingerprint density at radius 3 is 2.50 bits per heavy atom. The Balaban J connectivity index is 2.77. The van der Waals surface area contributed by atoms with Gasteiger partial charge in [-0.1, -0.05) is 12.1 Å². The van der Waals surface area contributed by atoms with E-state index in [1.165, 1.54) is 0 Å². The Morgan fingerprint density at radius 1 is 1.36 bits per heavy atom. The summed E-state index contributed by atoms with van der Waals surface area (Å²) in [5.74, 6) is 0.241. The van der Waals surface area contributed by atoms with Crippen LogP contribution in [0.2, 0.25) is 0 Å². The lowest BCUT2D eigenvalue weighted by atomic mass is 10.2. The molecule has 0 aliphatic rings. The largest absolute Gasteiger partial charge is 0.483 e. The van der Waals surface area contributed by atoms with Crippen molar-refractivity contribution < 1.29 is 17.9 Å². The first-order chi connectivity index (χ1) is 6.40. The van der Waals surface area contributed by atoms with E-state index in [2.05, 4.69) is 20.7 Å². The second-order valence-electron chi connectivity index (χ2n) is 2.79. The monoisotopic (exact) mass is 268 g/mol. The first kappa shape index (κ1) is 11.4. The average molecular weight is 269 g/mol. The Bertz CT molecular complexity index is 302. The molecule has 0 bridgehead atoms. The van der Waals surface area contributed by atoms with Gasteiger partial charge in [-0.05, 0) is 34.5 Å². The van der Waals surface area contributed by atoms with Gasteiger partial charge in [-0.3, -0.25) is 0 Å². The maximum Gasteiger partial charge on any atom is 0.422 e. The molecule has 1 aromatic rings. The molecule has 1 aromatic carbocycles. The van der Waals surface area contributed by atoms with E-state index in [0.29, 0.717) is 10.0 Å². The molecule has 0 radical (unpaired) electrons. The summed E-state index contributed by atoms with van der Waals surface area (Å²) in [7, 11) is 0. The molecule has 0 amide bonds. The predicted octanol–water partition coefficient (Wildman–Crippen LogP) is 3.70. The normalized spacial score (nSPS) is 11.5. The number of rotatable bonds is 2. The highest BCUT2D eigenvalue weighted by atomic mass is 79.9. The summed E-state index contributed by atoms with van der Waals surface area (Å²) in [5, 5.41) is 0. The summed E-state index contributed by atoms with van der Waals surface area (Å²) in [5.41, 5.74) is 0.670. The topological polar surface area (TPSA) is 9.23 Å². The fraction of sp³-hybridized carbons (Fsp3) is 0.333. The van der Waals surface area contributed by atoms with Crippen molar-refractivity contribution in [3.63, 3.8) is 0 Å². The maximum atomic E-state index is 11.9. The lowest BCUT2D eigenvalue weighted by molar-refractivity contribution is -0.153. The third-order valence-electron chi connectivity index (χ3n) is 1.54. The van der Waals surface area contributed by atoms with Crippen molar-refractivity contribution in [1.82, 2.24) is 0 Å². The van der Waals surface area contributed by atoms with Gasteiger partial charge in [0.1, 0.15) is 5.75 Å². The van der Waals surface area contributed by atoms with E-state index in [9.17, 15) is 13.2 Å². The number of halogens is 4. The van der Waals surface area contributed by atoms with Crippen molar-refractivity contribution in [3.8, 4) is 5.75 Å². The predicted molar refractivity (Wildman–Crippen MR) is 50.4 cm³/mol. The van der Waals surface area contributed by atoms with Crippen molar-refractivity contribution >= 4 is 15.9 Å². The fourth-order valence-corrected chi connectivity index (χ4v) is 1.53. The molecule has 1 rings (SSSR count). The number of hydrogen-bond acceptors (Lipinski definition) is 1. The van der Waals surface area contributed by atoms with Crippen molar-refractivity contribution in [2.24, 2.45) is 0 Å². The zero-order valence-electron chi connectivity index (χ0n) is 7.36. The molecule has 78 valence electrons. The van der Waals surface area contributed by atoms with Crippen LogP contribution < -0.4 is 4.74 Å². The van der Waals surface area contributed by atoms with Gasteiger partial charge in [-0.2, -0.15) is 13.2 Å². The van der Waals surface area contributed by atoms with Crippen LogP contribution >= 0.6 is 15.9 Å². The van der Waals surface area contributed by atoms with Crippen LogP contribution in [0.25, 0.3) is 0 Å². The summed E-state index contributed by atoms with van der Waals surface area (Å²) >= 11 is 3.12. The number of aryl methyl sites for hydroxylation is 1. The SMILES string of the molecule is Cc1cccc(Br)c1OCC(F)(F)F. The molecule has 0 atom stereocenters. The Kier molecular flexibility index (Phi) is 3.42. The number of para-hydroxylation sites is 1. The first-order valence-corrected chi connectivity index (χ1v) is 4.64. The van der Waals surface area contributed by atoms with Gasteiger partial charge < -0.3 is 4.74 Å². The summed E-state index contributed by atoms with van der Waals surface area (Å²) < 4.78 is 40.8. The van der Waals surface area contributed by atoms with Crippen LogP contribution in [0.4, 0.5) is 13.2 Å². The fourth-order valence-electron chi connectivity index (χ4n) is 0.953. The Morgan fingerprint density at radius 2 is 2.00 bits per heavy atom. The molecule has 0 fully saturated rings. The highest BCUT2D eigenvalue weighted by Crippen LogP contribution is 2.29. The highest BCUT2D eigenvalue weighted by Gasteiger charge is 2.28. The standard InChI is InChI=1S/C9H8BrF3O/c1-6-3-2-4-7(10)8(6)14-5-9(11,12)13/h2-4H,5H2,1H3. The molecule has 0 unspecified atom stereocenters. The minimum absolute atomic E-state index is 0.241. The molecule has 0 aliphatic carbocycles. The number of ether oxygens (including phenoxy) is 1. The van der Waals surface area contributed by atoms with E-state index < -0.39 is 12.8 Å². The van der Waals surface area contributed by atoms with Crippen LogP contribution in [0.5, 0.6) is 5.75 Å². The Labute approximate surface area is 88.0 Å². The van der Waals surface area contributed by atoms with Crippen LogP contribution in [0.3, 0.4) is 0 Å². The minimum Gasteiger partial charge on any atom is -0.483 e. The van der Waals surface area contributed by atoms with Crippen molar-refractivity contribution in [1.29, 1.82) is 0 Å². The molecule has 0 saturated carbocycles. The summed E-state index contributed by atoms with van der Waals surface area (Å²) in [6.07, 6.45) is -4.30. The molecule has 0 spiro atoms. The zero-order valence-corrected chi connectivity index (χ0v) is 8.95. The second kappa shape index (κ2) is 4.21. The maximum absolute atomic E-state index is 11.9. The lowest BCUT2D eigenvalue weighted by Crippen LogP contribution is -2.19. The van der Waals surface area contributed by atoms with Gasteiger partial charge in [0, 0.05) is 0 Å². The van der Waals surface area contributed by atoms with E-state index in [4.69, 9.17) is 0 Å². The van der Waals surface area contributed by atoms with Gasteiger partial charge >= 0.3 is 6.18 Å². The molecule has 0 aromatic heterocycles. The molecule has 0 aliphatic heterocycles. The second-order valence-corrected chi connectivity index (χ2v) is 3.64. The first-order valence-electron chi connectivity index (χ1n) is 3.85. The van der Waals surface area contributed by atoms with E-state index in [1.807, 2.05) is 0 Å². The molecule has 1 nitrogen and oxygen atoms in total. The quantitative estimate of drug-likeness (QED) is 0.795. The van der Waals surface area contributed by atoms with E-state index in [-0.39, 0.29) is 5.75 Å². The smallest absolute Gasteiger partial charge is 0.422 e. The molecular formula is C9H8BrF3O. The van der Waals surface area contributed by atoms with Crippen molar-refractivity contribution in [2.75, 3.05) is 6.61 Å². The van der Waals surface area contributed by atoms with E-state index in [1.54, 1.807) is 25.1 Å². The van der Waals surface area contributed by atoms with Crippen LogP contribution in [0.15, 0.2) is 22.7 Å². The van der Waals surface area contributed by atoms with Crippen molar-refractivity contribution in [3.05, 3.63) is 28.2 Å². The van der Waals surface area contributed by atoms with E-state index in [0.717, 1.165) is 0 Å². The number of hydrogen-bond donors (Lipinski definition) is 0. The molecular weight excluding hydrogens is 261 g/mol. The minimum atomic E-state index is -4.30. The molecule has 0 heterocycles. The van der Waals surface area contributed by atoms with E-state index >= 15 is 0 Å². The summed E-state index contributed by atoms with van der Waals surface area (Å²) in [6.45, 7) is 0.424.